The van der Waals surface area contributed by atoms with Crippen LogP contribution in [0.1, 0.15) is 43.5 Å². The lowest BCUT2D eigenvalue weighted by molar-refractivity contribution is 0.0482. The highest BCUT2D eigenvalue weighted by molar-refractivity contribution is 5.68. The van der Waals surface area contributed by atoms with E-state index in [0.29, 0.717) is 0 Å². The van der Waals surface area contributed by atoms with Crippen molar-refractivity contribution in [2.45, 2.75) is 46.3 Å². The number of amides is 1. The van der Waals surface area contributed by atoms with Crippen molar-refractivity contribution in [1.29, 1.82) is 0 Å². The van der Waals surface area contributed by atoms with Crippen LogP contribution in [0.4, 0.5) is 4.79 Å². The van der Waals surface area contributed by atoms with E-state index in [2.05, 4.69) is 5.32 Å². The number of hydrogen-bond donors (Lipinski definition) is 2. The number of aliphatic hydroxyl groups excluding tert-OH is 1. The van der Waals surface area contributed by atoms with Crippen molar-refractivity contribution in [2.75, 3.05) is 6.61 Å². The zero-order chi connectivity index (χ0) is 14.6. The summed E-state index contributed by atoms with van der Waals surface area (Å²) in [7, 11) is 0. The summed E-state index contributed by atoms with van der Waals surface area (Å²) in [6.45, 7) is 9.21. The molecule has 0 heterocycles. The molecule has 1 aromatic rings. The Morgan fingerprint density at radius 1 is 1.26 bits per heavy atom. The number of benzene rings is 1. The van der Waals surface area contributed by atoms with Crippen molar-refractivity contribution in [3.8, 4) is 0 Å². The van der Waals surface area contributed by atoms with Gasteiger partial charge in [-0.25, -0.2) is 4.79 Å². The number of aliphatic hydroxyl groups is 1. The first-order valence-corrected chi connectivity index (χ1v) is 6.40. The predicted octanol–water partition coefficient (Wildman–Crippen LogP) is 2.86. The van der Waals surface area contributed by atoms with Gasteiger partial charge in [0, 0.05) is 0 Å². The van der Waals surface area contributed by atoms with Crippen LogP contribution in [-0.4, -0.2) is 23.4 Å². The first-order chi connectivity index (χ1) is 8.71. The van der Waals surface area contributed by atoms with Crippen LogP contribution in [0.3, 0.4) is 0 Å². The van der Waals surface area contributed by atoms with Gasteiger partial charge in [-0.1, -0.05) is 29.3 Å². The van der Waals surface area contributed by atoms with Gasteiger partial charge in [0.2, 0.25) is 0 Å². The first-order valence-electron chi connectivity index (χ1n) is 6.40. The standard InChI is InChI=1S/C15H23NO3/c1-10-6-11(2)8-12(7-10)13(9-17)16-14(18)19-15(3,4)5/h6-8,13,17H,9H2,1-5H3,(H,16,18). The normalized spacial score (nSPS) is 12.9. The molecule has 4 heteroatoms. The molecule has 4 nitrogen and oxygen atoms in total. The fraction of sp³-hybridized carbons (Fsp3) is 0.533. The SMILES string of the molecule is Cc1cc(C)cc(C(CO)NC(=O)OC(C)(C)C)c1. The molecule has 1 aromatic carbocycles. The van der Waals surface area contributed by atoms with Crippen molar-refractivity contribution < 1.29 is 14.6 Å². The molecule has 19 heavy (non-hydrogen) atoms. The zero-order valence-corrected chi connectivity index (χ0v) is 12.3. The van der Waals surface area contributed by atoms with Crippen LogP contribution in [-0.2, 0) is 4.74 Å². The fourth-order valence-corrected chi connectivity index (χ4v) is 1.90. The number of hydrogen-bond acceptors (Lipinski definition) is 3. The third kappa shape index (κ3) is 5.30. The van der Waals surface area contributed by atoms with E-state index in [-0.39, 0.29) is 6.61 Å². The number of carbonyl (C=O) groups excluding carboxylic acids is 1. The van der Waals surface area contributed by atoms with E-state index in [0.717, 1.165) is 16.7 Å². The highest BCUT2D eigenvalue weighted by atomic mass is 16.6. The lowest BCUT2D eigenvalue weighted by atomic mass is 10.0. The predicted molar refractivity (Wildman–Crippen MR) is 75.1 cm³/mol. The average molecular weight is 265 g/mol. The Morgan fingerprint density at radius 2 is 1.79 bits per heavy atom. The van der Waals surface area contributed by atoms with Gasteiger partial charge in [0.05, 0.1) is 12.6 Å². The maximum Gasteiger partial charge on any atom is 0.408 e. The Labute approximate surface area is 114 Å². The second-order valence-corrected chi connectivity index (χ2v) is 5.80. The van der Waals surface area contributed by atoms with Crippen molar-refractivity contribution in [3.63, 3.8) is 0 Å². The summed E-state index contributed by atoms with van der Waals surface area (Å²) in [5.41, 5.74) is 2.52. The van der Waals surface area contributed by atoms with E-state index in [1.807, 2.05) is 32.0 Å². The molecule has 1 atom stereocenters. The second-order valence-electron chi connectivity index (χ2n) is 5.80. The molecule has 1 amide bonds. The molecule has 0 aliphatic rings. The van der Waals surface area contributed by atoms with Crippen LogP contribution in [0, 0.1) is 13.8 Å². The maximum absolute atomic E-state index is 11.7. The zero-order valence-electron chi connectivity index (χ0n) is 12.3. The molecule has 0 fully saturated rings. The van der Waals surface area contributed by atoms with Gasteiger partial charge in [-0.15, -0.1) is 0 Å². The molecule has 106 valence electrons. The van der Waals surface area contributed by atoms with Gasteiger partial charge >= 0.3 is 6.09 Å². The Morgan fingerprint density at radius 3 is 2.21 bits per heavy atom. The number of ether oxygens (including phenoxy) is 1. The van der Waals surface area contributed by atoms with Gasteiger partial charge in [-0.05, 0) is 40.2 Å². The summed E-state index contributed by atoms with van der Waals surface area (Å²) in [6.07, 6.45) is -0.522. The number of aryl methyl sites for hydroxylation is 2. The van der Waals surface area contributed by atoms with Crippen LogP contribution in [0.2, 0.25) is 0 Å². The van der Waals surface area contributed by atoms with Crippen molar-refractivity contribution >= 4 is 6.09 Å². The third-order valence-electron chi connectivity index (χ3n) is 2.52. The monoisotopic (exact) mass is 265 g/mol. The van der Waals surface area contributed by atoms with E-state index in [4.69, 9.17) is 4.74 Å². The Bertz CT molecular complexity index is 429. The molecular formula is C15H23NO3. The molecule has 2 N–H and O–H groups in total. The van der Waals surface area contributed by atoms with Crippen LogP contribution < -0.4 is 5.32 Å². The van der Waals surface area contributed by atoms with Crippen molar-refractivity contribution in [3.05, 3.63) is 34.9 Å². The fourth-order valence-electron chi connectivity index (χ4n) is 1.90. The maximum atomic E-state index is 11.7. The Balaban J connectivity index is 2.81. The summed E-state index contributed by atoms with van der Waals surface area (Å²) in [5, 5.41) is 12.1. The third-order valence-corrected chi connectivity index (χ3v) is 2.52. The summed E-state index contributed by atoms with van der Waals surface area (Å²) in [6, 6.07) is 5.50. The molecule has 1 rings (SSSR count). The van der Waals surface area contributed by atoms with Gasteiger partial charge in [-0.3, -0.25) is 0 Å². The molecule has 0 spiro atoms. The van der Waals surface area contributed by atoms with Gasteiger partial charge in [0.1, 0.15) is 5.60 Å². The quantitative estimate of drug-likeness (QED) is 0.883. The topological polar surface area (TPSA) is 58.6 Å². The highest BCUT2D eigenvalue weighted by Crippen LogP contribution is 2.17. The van der Waals surface area contributed by atoms with Gasteiger partial charge in [0.15, 0.2) is 0 Å². The van der Waals surface area contributed by atoms with Gasteiger partial charge < -0.3 is 15.2 Å². The Kier molecular flexibility index (Phi) is 4.95. The minimum absolute atomic E-state index is 0.165. The molecule has 0 radical (unpaired) electrons. The molecule has 0 aliphatic carbocycles. The number of carbonyl (C=O) groups is 1. The van der Waals surface area contributed by atoms with Crippen LogP contribution in [0.5, 0.6) is 0 Å². The Hall–Kier alpha value is -1.55. The number of alkyl carbamates (subject to hydrolysis) is 1. The minimum Gasteiger partial charge on any atom is -0.444 e. The molecule has 0 aromatic heterocycles. The number of rotatable bonds is 3. The first kappa shape index (κ1) is 15.5. The lowest BCUT2D eigenvalue weighted by Crippen LogP contribution is -2.36. The molecule has 0 saturated heterocycles. The summed E-state index contributed by atoms with van der Waals surface area (Å²) in [4.78, 5) is 11.7. The van der Waals surface area contributed by atoms with Crippen LogP contribution in [0.25, 0.3) is 0 Å². The largest absolute Gasteiger partial charge is 0.444 e. The van der Waals surface area contributed by atoms with E-state index in [1.54, 1.807) is 20.8 Å². The van der Waals surface area contributed by atoms with Crippen LogP contribution >= 0.6 is 0 Å². The molecule has 0 bridgehead atoms. The van der Waals surface area contributed by atoms with E-state index in [9.17, 15) is 9.90 Å². The summed E-state index contributed by atoms with van der Waals surface area (Å²) >= 11 is 0. The molecular weight excluding hydrogens is 242 g/mol. The molecule has 0 aliphatic heterocycles. The average Bonchev–Trinajstić information content (AvgIpc) is 2.21. The highest BCUT2D eigenvalue weighted by Gasteiger charge is 2.20. The minimum atomic E-state index is -0.549. The van der Waals surface area contributed by atoms with Gasteiger partial charge in [0.25, 0.3) is 0 Å². The second kappa shape index (κ2) is 6.06. The summed E-state index contributed by atoms with van der Waals surface area (Å²) in [5.74, 6) is 0. The smallest absolute Gasteiger partial charge is 0.408 e. The summed E-state index contributed by atoms with van der Waals surface area (Å²) < 4.78 is 5.19. The lowest BCUT2D eigenvalue weighted by Gasteiger charge is -2.23. The van der Waals surface area contributed by atoms with Crippen molar-refractivity contribution in [2.24, 2.45) is 0 Å². The van der Waals surface area contributed by atoms with E-state index < -0.39 is 17.7 Å². The molecule has 1 unspecified atom stereocenters. The van der Waals surface area contributed by atoms with E-state index in [1.165, 1.54) is 0 Å². The van der Waals surface area contributed by atoms with Crippen LogP contribution in [0.15, 0.2) is 18.2 Å². The van der Waals surface area contributed by atoms with Gasteiger partial charge in [-0.2, -0.15) is 0 Å². The number of nitrogens with one attached hydrogen (secondary N) is 1. The van der Waals surface area contributed by atoms with Crippen molar-refractivity contribution in [1.82, 2.24) is 5.32 Å². The van der Waals surface area contributed by atoms with E-state index >= 15 is 0 Å². The molecule has 0 saturated carbocycles.